The van der Waals surface area contributed by atoms with E-state index in [4.69, 9.17) is 11.6 Å². The van der Waals surface area contributed by atoms with E-state index < -0.39 is 0 Å². The number of thioether (sulfide) groups is 1. The second-order valence-electron chi connectivity index (χ2n) is 7.98. The molecule has 172 valence electrons. The van der Waals surface area contributed by atoms with Gasteiger partial charge in [0.25, 0.3) is 5.91 Å². The maximum atomic E-state index is 12.5. The Hall–Kier alpha value is -3.35. The van der Waals surface area contributed by atoms with E-state index in [-0.39, 0.29) is 5.91 Å². The molecule has 34 heavy (non-hydrogen) atoms. The molecule has 7 heteroatoms. The predicted molar refractivity (Wildman–Crippen MR) is 141 cm³/mol. The van der Waals surface area contributed by atoms with Gasteiger partial charge in [-0.2, -0.15) is 0 Å². The summed E-state index contributed by atoms with van der Waals surface area (Å²) in [5.41, 5.74) is 4.80. The maximum absolute atomic E-state index is 12.5. The molecule has 1 heterocycles. The number of aryl methyl sites for hydroxylation is 1. The summed E-state index contributed by atoms with van der Waals surface area (Å²) in [5, 5.41) is 3.95. The summed E-state index contributed by atoms with van der Waals surface area (Å²) >= 11 is 7.78. The van der Waals surface area contributed by atoms with Gasteiger partial charge in [0, 0.05) is 36.7 Å². The van der Waals surface area contributed by atoms with Crippen LogP contribution < -0.4 is 10.2 Å². The molecular formula is C27H25ClN4OS. The molecule has 0 bridgehead atoms. The molecule has 1 aromatic heterocycles. The number of carbonyl (C=O) groups excluding carboxylic acids is 1. The Bertz CT molecular complexity index is 1250. The molecule has 0 aliphatic heterocycles. The summed E-state index contributed by atoms with van der Waals surface area (Å²) in [6.07, 6.45) is 0. The summed E-state index contributed by atoms with van der Waals surface area (Å²) in [5.74, 6) is 1.31. The Labute approximate surface area is 209 Å². The van der Waals surface area contributed by atoms with Crippen molar-refractivity contribution in [1.82, 2.24) is 9.97 Å². The van der Waals surface area contributed by atoms with E-state index in [0.29, 0.717) is 21.6 Å². The fraction of sp³-hybridized carbons (Fsp3) is 0.148. The van der Waals surface area contributed by atoms with Gasteiger partial charge in [0.2, 0.25) is 0 Å². The Morgan fingerprint density at radius 3 is 2.35 bits per heavy atom. The minimum absolute atomic E-state index is 0.132. The minimum Gasteiger partial charge on any atom is -0.355 e. The van der Waals surface area contributed by atoms with Crippen LogP contribution in [-0.2, 0) is 12.3 Å². The third-order valence-corrected chi connectivity index (χ3v) is 6.32. The lowest BCUT2D eigenvalue weighted by Gasteiger charge is -2.19. The van der Waals surface area contributed by atoms with E-state index in [2.05, 4.69) is 32.3 Å². The Balaban J connectivity index is 1.36. The lowest BCUT2D eigenvalue weighted by molar-refractivity contribution is 0.102. The molecule has 3 aromatic carbocycles. The molecule has 0 saturated heterocycles. The summed E-state index contributed by atoms with van der Waals surface area (Å²) in [7, 11) is 1.99. The first-order valence-electron chi connectivity index (χ1n) is 10.9. The lowest BCUT2D eigenvalue weighted by Crippen LogP contribution is -2.18. The summed E-state index contributed by atoms with van der Waals surface area (Å²) < 4.78 is 0. The van der Waals surface area contributed by atoms with Gasteiger partial charge in [0.1, 0.15) is 11.0 Å². The fourth-order valence-electron chi connectivity index (χ4n) is 3.32. The van der Waals surface area contributed by atoms with Gasteiger partial charge in [-0.15, -0.1) is 0 Å². The predicted octanol–water partition coefficient (Wildman–Crippen LogP) is 6.62. The smallest absolute Gasteiger partial charge is 0.255 e. The number of aromatic nitrogens is 2. The van der Waals surface area contributed by atoms with Crippen molar-refractivity contribution in [2.75, 3.05) is 17.3 Å². The number of amides is 1. The summed E-state index contributed by atoms with van der Waals surface area (Å²) in [6, 6.07) is 27.3. The standard InChI is InChI=1S/C27H25ClN4OS/c1-19-8-14-23(15-9-19)29-26(33)22-12-10-21(11-13-22)18-34-27-30-24(28)16-25(31-27)32(2)17-20-6-4-3-5-7-20/h3-16H,17-18H2,1-2H3,(H,29,33). The maximum Gasteiger partial charge on any atom is 0.255 e. The highest BCUT2D eigenvalue weighted by Crippen LogP contribution is 2.25. The van der Waals surface area contributed by atoms with E-state index in [0.717, 1.165) is 29.2 Å². The SMILES string of the molecule is Cc1ccc(NC(=O)c2ccc(CSc3nc(Cl)cc(N(C)Cc4ccccc4)n3)cc2)cc1. The van der Waals surface area contributed by atoms with Crippen LogP contribution in [-0.4, -0.2) is 22.9 Å². The molecule has 5 nitrogen and oxygen atoms in total. The molecule has 0 aliphatic rings. The van der Waals surface area contributed by atoms with Gasteiger partial charge in [-0.05, 0) is 42.3 Å². The van der Waals surface area contributed by atoms with Crippen molar-refractivity contribution < 1.29 is 4.79 Å². The van der Waals surface area contributed by atoms with Gasteiger partial charge in [0.15, 0.2) is 5.16 Å². The number of hydrogen-bond donors (Lipinski definition) is 1. The Kier molecular flexibility index (Phi) is 7.83. The zero-order valence-electron chi connectivity index (χ0n) is 19.0. The van der Waals surface area contributed by atoms with E-state index in [1.165, 1.54) is 17.3 Å². The lowest BCUT2D eigenvalue weighted by atomic mass is 10.1. The van der Waals surface area contributed by atoms with E-state index in [1.54, 1.807) is 6.07 Å². The van der Waals surface area contributed by atoms with Crippen LogP contribution in [0.15, 0.2) is 90.1 Å². The fourth-order valence-corrected chi connectivity index (χ4v) is 4.36. The normalized spacial score (nSPS) is 10.7. The average Bonchev–Trinajstić information content (AvgIpc) is 2.85. The molecule has 1 amide bonds. The van der Waals surface area contributed by atoms with E-state index >= 15 is 0 Å². The van der Waals surface area contributed by atoms with Crippen molar-refractivity contribution in [2.45, 2.75) is 24.4 Å². The van der Waals surface area contributed by atoms with Crippen LogP contribution in [0, 0.1) is 6.92 Å². The van der Waals surface area contributed by atoms with Crippen molar-refractivity contribution in [3.8, 4) is 0 Å². The van der Waals surface area contributed by atoms with Crippen LogP contribution in [0.5, 0.6) is 0 Å². The molecule has 0 spiro atoms. The first kappa shape index (κ1) is 23.8. The average molecular weight is 489 g/mol. The second kappa shape index (κ2) is 11.2. The van der Waals surface area contributed by atoms with Gasteiger partial charge in [-0.3, -0.25) is 4.79 Å². The molecule has 4 rings (SSSR count). The monoisotopic (exact) mass is 488 g/mol. The Morgan fingerprint density at radius 1 is 0.941 bits per heavy atom. The van der Waals surface area contributed by atoms with Crippen molar-refractivity contribution in [1.29, 1.82) is 0 Å². The zero-order chi connectivity index (χ0) is 23.9. The number of halogens is 1. The quantitative estimate of drug-likeness (QED) is 0.171. The zero-order valence-corrected chi connectivity index (χ0v) is 20.6. The van der Waals surface area contributed by atoms with Crippen molar-refractivity contribution in [3.63, 3.8) is 0 Å². The van der Waals surface area contributed by atoms with Gasteiger partial charge in [-0.25, -0.2) is 9.97 Å². The highest BCUT2D eigenvalue weighted by Gasteiger charge is 2.10. The van der Waals surface area contributed by atoms with Crippen LogP contribution in [0.3, 0.4) is 0 Å². The Morgan fingerprint density at radius 2 is 1.65 bits per heavy atom. The van der Waals surface area contributed by atoms with E-state index in [1.807, 2.05) is 80.7 Å². The third-order valence-electron chi connectivity index (χ3n) is 5.21. The molecule has 0 fully saturated rings. The van der Waals surface area contributed by atoms with Gasteiger partial charge in [0.05, 0.1) is 0 Å². The molecule has 4 aromatic rings. The summed E-state index contributed by atoms with van der Waals surface area (Å²) in [4.78, 5) is 23.6. The molecule has 0 saturated carbocycles. The third kappa shape index (κ3) is 6.59. The van der Waals surface area contributed by atoms with E-state index in [9.17, 15) is 4.79 Å². The van der Waals surface area contributed by atoms with Gasteiger partial charge >= 0.3 is 0 Å². The number of nitrogens with one attached hydrogen (secondary N) is 1. The number of rotatable bonds is 8. The number of nitrogens with zero attached hydrogens (tertiary/aromatic N) is 3. The first-order chi connectivity index (χ1) is 16.5. The highest BCUT2D eigenvalue weighted by molar-refractivity contribution is 7.98. The minimum atomic E-state index is -0.132. The molecule has 0 atom stereocenters. The van der Waals surface area contributed by atoms with Crippen molar-refractivity contribution in [3.05, 3.63) is 112 Å². The van der Waals surface area contributed by atoms with Crippen molar-refractivity contribution >= 4 is 40.8 Å². The van der Waals surface area contributed by atoms with Gasteiger partial charge in [-0.1, -0.05) is 83.5 Å². The molecule has 0 aliphatic carbocycles. The van der Waals surface area contributed by atoms with Crippen LogP contribution >= 0.6 is 23.4 Å². The molecule has 0 radical (unpaired) electrons. The van der Waals surface area contributed by atoms with Crippen LogP contribution in [0.25, 0.3) is 0 Å². The number of benzene rings is 3. The largest absolute Gasteiger partial charge is 0.355 e. The highest BCUT2D eigenvalue weighted by atomic mass is 35.5. The number of hydrogen-bond acceptors (Lipinski definition) is 5. The topological polar surface area (TPSA) is 58.1 Å². The molecular weight excluding hydrogens is 464 g/mol. The number of carbonyl (C=O) groups is 1. The first-order valence-corrected chi connectivity index (χ1v) is 12.2. The molecule has 1 N–H and O–H groups in total. The number of anilines is 2. The summed E-state index contributed by atoms with van der Waals surface area (Å²) in [6.45, 7) is 2.74. The van der Waals surface area contributed by atoms with Crippen LogP contribution in [0.1, 0.15) is 27.0 Å². The van der Waals surface area contributed by atoms with Crippen LogP contribution in [0.4, 0.5) is 11.5 Å². The second-order valence-corrected chi connectivity index (χ2v) is 9.31. The molecule has 0 unspecified atom stereocenters. The van der Waals surface area contributed by atoms with Gasteiger partial charge < -0.3 is 10.2 Å². The van der Waals surface area contributed by atoms with Crippen molar-refractivity contribution in [2.24, 2.45) is 0 Å². The van der Waals surface area contributed by atoms with Crippen LogP contribution in [0.2, 0.25) is 5.15 Å².